The summed E-state index contributed by atoms with van der Waals surface area (Å²) in [5.41, 5.74) is 0.965. The zero-order valence-corrected chi connectivity index (χ0v) is 16.4. The highest BCUT2D eigenvalue weighted by Crippen LogP contribution is 2.31. The topological polar surface area (TPSA) is 85.7 Å². The summed E-state index contributed by atoms with van der Waals surface area (Å²) < 4.78 is 34.1. The van der Waals surface area contributed by atoms with Gasteiger partial charge in [0.25, 0.3) is 0 Å². The van der Waals surface area contributed by atoms with Crippen LogP contribution in [0.15, 0.2) is 29.8 Å². The van der Waals surface area contributed by atoms with E-state index in [1.807, 2.05) is 6.07 Å². The van der Waals surface area contributed by atoms with Crippen LogP contribution in [0.5, 0.6) is 0 Å². The molecule has 2 aliphatic heterocycles. The van der Waals surface area contributed by atoms with Crippen LogP contribution in [-0.2, 0) is 9.53 Å². The summed E-state index contributed by atoms with van der Waals surface area (Å²) in [6.45, 7) is 0.667. The number of anilines is 2. The Kier molecular flexibility index (Phi) is 6.59. The molecule has 0 spiro atoms. The molecule has 0 radical (unpaired) electrons. The third-order valence-corrected chi connectivity index (χ3v) is 5.12. The minimum absolute atomic E-state index is 0.0289. The van der Waals surface area contributed by atoms with Gasteiger partial charge < -0.3 is 15.0 Å². The van der Waals surface area contributed by atoms with E-state index in [4.69, 9.17) is 10.00 Å². The Balaban J connectivity index is 1.67. The van der Waals surface area contributed by atoms with Crippen LogP contribution in [0, 0.1) is 17.1 Å². The minimum Gasteiger partial charge on any atom is -0.442 e. The quantitative estimate of drug-likeness (QED) is 0.561. The Hall–Kier alpha value is -2.80. The van der Waals surface area contributed by atoms with Crippen molar-refractivity contribution in [3.8, 4) is 6.07 Å². The molecule has 0 aromatic heterocycles. The molecule has 2 atom stereocenters. The SMILES string of the molecule is N#CC=C1CCN(c2ccc(N3CC(CNC(=O)CS)OC3=O)cc2F)CC1F. The van der Waals surface area contributed by atoms with Gasteiger partial charge in [-0.3, -0.25) is 9.69 Å². The highest BCUT2D eigenvalue weighted by Gasteiger charge is 2.33. The summed E-state index contributed by atoms with van der Waals surface area (Å²) >= 11 is 3.85. The average Bonchev–Trinajstić information content (AvgIpc) is 3.08. The summed E-state index contributed by atoms with van der Waals surface area (Å²) in [4.78, 5) is 26.2. The number of ether oxygens (including phenoxy) is 1. The number of nitrogens with one attached hydrogen (secondary N) is 1. The smallest absolute Gasteiger partial charge is 0.414 e. The highest BCUT2D eigenvalue weighted by atomic mass is 32.1. The van der Waals surface area contributed by atoms with Crippen molar-refractivity contribution in [2.45, 2.75) is 18.7 Å². The number of nitrogens with zero attached hydrogens (tertiary/aromatic N) is 3. The van der Waals surface area contributed by atoms with Crippen LogP contribution in [0.3, 0.4) is 0 Å². The normalized spacial score (nSPS) is 23.1. The second kappa shape index (κ2) is 9.13. The first-order chi connectivity index (χ1) is 13.9. The third-order valence-electron chi connectivity index (χ3n) is 4.83. The molecule has 3 rings (SSSR count). The molecule has 7 nitrogen and oxygen atoms in total. The Morgan fingerprint density at radius 2 is 2.24 bits per heavy atom. The van der Waals surface area contributed by atoms with Crippen molar-refractivity contribution in [3.63, 3.8) is 0 Å². The van der Waals surface area contributed by atoms with Crippen LogP contribution in [0.2, 0.25) is 0 Å². The van der Waals surface area contributed by atoms with Gasteiger partial charge in [0.05, 0.1) is 42.8 Å². The molecule has 1 aromatic carbocycles. The van der Waals surface area contributed by atoms with E-state index in [0.717, 1.165) is 0 Å². The van der Waals surface area contributed by atoms with Gasteiger partial charge in [0.1, 0.15) is 18.1 Å². The molecular formula is C19H20F2N4O3S. The fraction of sp³-hybridized carbons (Fsp3) is 0.421. The molecule has 0 aliphatic carbocycles. The number of alkyl halides is 1. The van der Waals surface area contributed by atoms with E-state index in [1.165, 1.54) is 23.1 Å². The molecule has 2 saturated heterocycles. The largest absolute Gasteiger partial charge is 0.442 e. The summed E-state index contributed by atoms with van der Waals surface area (Å²) in [5.74, 6) is -0.832. The first-order valence-corrected chi connectivity index (χ1v) is 9.69. The van der Waals surface area contributed by atoms with E-state index >= 15 is 0 Å². The zero-order valence-electron chi connectivity index (χ0n) is 15.5. The molecule has 2 unspecified atom stereocenters. The maximum Gasteiger partial charge on any atom is 0.414 e. The van der Waals surface area contributed by atoms with Gasteiger partial charge in [-0.25, -0.2) is 13.6 Å². The number of allylic oxidation sites excluding steroid dienone is 1. The monoisotopic (exact) mass is 422 g/mol. The lowest BCUT2D eigenvalue weighted by Crippen LogP contribution is -2.38. The Labute approximate surface area is 172 Å². The predicted octanol–water partition coefficient (Wildman–Crippen LogP) is 2.20. The first-order valence-electron chi connectivity index (χ1n) is 9.05. The molecule has 2 heterocycles. The molecule has 2 amide bonds. The van der Waals surface area contributed by atoms with Crippen molar-refractivity contribution in [3.05, 3.63) is 35.7 Å². The first kappa shape index (κ1) is 20.9. The number of piperidine rings is 1. The van der Waals surface area contributed by atoms with Gasteiger partial charge in [-0.05, 0) is 30.2 Å². The third kappa shape index (κ3) is 4.79. The number of nitriles is 1. The number of carbonyl (C=O) groups excluding carboxylic acids is 2. The molecule has 154 valence electrons. The number of thiol groups is 1. The number of halogens is 2. The van der Waals surface area contributed by atoms with Crippen molar-refractivity contribution >= 4 is 36.0 Å². The summed E-state index contributed by atoms with van der Waals surface area (Å²) in [6, 6.07) is 6.11. The maximum absolute atomic E-state index is 14.7. The van der Waals surface area contributed by atoms with Crippen LogP contribution in [0.25, 0.3) is 0 Å². The molecule has 0 bridgehead atoms. The van der Waals surface area contributed by atoms with Crippen molar-refractivity contribution in [2.24, 2.45) is 0 Å². The standard InChI is InChI=1S/C19H20F2N4O3S/c20-15-7-13(25-9-14(28-19(25)27)8-23-18(26)11-29)1-2-17(15)24-6-4-12(3-5-22)16(21)10-24/h1-3,7,14,16,29H,4,6,8-11H2,(H,23,26). The lowest BCUT2D eigenvalue weighted by molar-refractivity contribution is -0.118. The van der Waals surface area contributed by atoms with Crippen molar-refractivity contribution in [1.82, 2.24) is 5.32 Å². The summed E-state index contributed by atoms with van der Waals surface area (Å²) in [5, 5.41) is 11.3. The molecule has 2 aliphatic rings. The summed E-state index contributed by atoms with van der Waals surface area (Å²) in [6.07, 6.45) is -0.961. The van der Waals surface area contributed by atoms with Crippen LogP contribution < -0.4 is 15.1 Å². The van der Waals surface area contributed by atoms with Crippen molar-refractivity contribution < 1.29 is 23.1 Å². The lowest BCUT2D eigenvalue weighted by atomic mass is 10.0. The number of cyclic esters (lactones) is 1. The average molecular weight is 422 g/mol. The van der Waals surface area contributed by atoms with Gasteiger partial charge in [-0.1, -0.05) is 0 Å². The molecule has 0 saturated carbocycles. The molecule has 1 aromatic rings. The van der Waals surface area contributed by atoms with Gasteiger partial charge in [-0.15, -0.1) is 0 Å². The lowest BCUT2D eigenvalue weighted by Gasteiger charge is -2.32. The second-order valence-corrected chi connectivity index (χ2v) is 7.04. The van der Waals surface area contributed by atoms with Gasteiger partial charge in [0, 0.05) is 12.6 Å². The molecule has 29 heavy (non-hydrogen) atoms. The van der Waals surface area contributed by atoms with E-state index in [2.05, 4.69) is 17.9 Å². The number of amides is 2. The van der Waals surface area contributed by atoms with Crippen LogP contribution in [-0.4, -0.2) is 56.2 Å². The number of hydrogen-bond donors (Lipinski definition) is 2. The second-order valence-electron chi connectivity index (χ2n) is 6.73. The van der Waals surface area contributed by atoms with E-state index in [9.17, 15) is 18.4 Å². The van der Waals surface area contributed by atoms with Crippen LogP contribution in [0.4, 0.5) is 25.0 Å². The Bertz CT molecular complexity index is 874. The zero-order chi connectivity index (χ0) is 21.0. The fourth-order valence-electron chi connectivity index (χ4n) is 3.33. The van der Waals surface area contributed by atoms with Crippen LogP contribution in [0.1, 0.15) is 6.42 Å². The van der Waals surface area contributed by atoms with Crippen molar-refractivity contribution in [1.29, 1.82) is 5.26 Å². The highest BCUT2D eigenvalue weighted by molar-refractivity contribution is 7.81. The number of benzene rings is 1. The van der Waals surface area contributed by atoms with Gasteiger partial charge in [-0.2, -0.15) is 17.9 Å². The van der Waals surface area contributed by atoms with E-state index in [0.29, 0.717) is 24.2 Å². The van der Waals surface area contributed by atoms with Gasteiger partial charge in [0.15, 0.2) is 0 Å². The fourth-order valence-corrected chi connectivity index (χ4v) is 3.44. The number of hydrogen-bond acceptors (Lipinski definition) is 6. The Morgan fingerprint density at radius 1 is 1.45 bits per heavy atom. The minimum atomic E-state index is -1.33. The molecular weight excluding hydrogens is 402 g/mol. The number of carbonyl (C=O) groups is 2. The maximum atomic E-state index is 14.7. The molecule has 10 heteroatoms. The number of rotatable bonds is 5. The van der Waals surface area contributed by atoms with Gasteiger partial charge in [0.2, 0.25) is 5.91 Å². The van der Waals surface area contributed by atoms with E-state index < -0.39 is 24.2 Å². The van der Waals surface area contributed by atoms with E-state index in [1.54, 1.807) is 11.0 Å². The predicted molar refractivity (Wildman–Crippen MR) is 106 cm³/mol. The Morgan fingerprint density at radius 3 is 2.90 bits per heavy atom. The molecule has 1 N–H and O–H groups in total. The van der Waals surface area contributed by atoms with E-state index in [-0.39, 0.29) is 37.0 Å². The van der Waals surface area contributed by atoms with Crippen molar-refractivity contribution in [2.75, 3.05) is 41.7 Å². The molecule has 2 fully saturated rings. The van der Waals surface area contributed by atoms with Gasteiger partial charge >= 0.3 is 6.09 Å². The summed E-state index contributed by atoms with van der Waals surface area (Å²) in [7, 11) is 0. The van der Waals surface area contributed by atoms with Crippen LogP contribution >= 0.6 is 12.6 Å².